The van der Waals surface area contributed by atoms with Gasteiger partial charge in [0.25, 0.3) is 6.36 Å². The van der Waals surface area contributed by atoms with Crippen molar-refractivity contribution < 1.29 is 88.4 Å². The molecule has 0 aliphatic rings. The highest BCUT2D eigenvalue weighted by Gasteiger charge is 2.86. The highest BCUT2D eigenvalue weighted by Crippen LogP contribution is 2.71. The summed E-state index contributed by atoms with van der Waals surface area (Å²) in [5.41, 5.74) is 0. The Labute approximate surface area is 301 Å². The van der Waals surface area contributed by atoms with E-state index < -0.39 is 66.0 Å². The zero-order chi connectivity index (χ0) is 40.6. The Morgan fingerprint density at radius 2 is 1.00 bits per heavy atom. The van der Waals surface area contributed by atoms with Crippen molar-refractivity contribution in [2.75, 3.05) is 26.4 Å². The van der Waals surface area contributed by atoms with Crippen molar-refractivity contribution in [3.63, 3.8) is 0 Å². The summed E-state index contributed by atoms with van der Waals surface area (Å²) in [6.07, 6.45) is -17.1. The third kappa shape index (κ3) is 9.15. The molecular weight excluding hydrogens is 804 g/mol. The average Bonchev–Trinajstić information content (AvgIpc) is 3.11. The molecule has 1 unspecified atom stereocenters. The predicted octanol–water partition coefficient (Wildman–Crippen LogP) is 9.64. The van der Waals surface area contributed by atoms with Gasteiger partial charge in [0.15, 0.2) is 0 Å². The van der Waals surface area contributed by atoms with Gasteiger partial charge >= 0.3 is 39.5 Å². The maximum absolute atomic E-state index is 15.5. The van der Waals surface area contributed by atoms with E-state index in [0.717, 1.165) is 73.2 Å². The van der Waals surface area contributed by atoms with Gasteiger partial charge in [0.1, 0.15) is 37.9 Å². The van der Waals surface area contributed by atoms with Crippen molar-refractivity contribution in [1.29, 1.82) is 0 Å². The Balaban J connectivity index is 2.25. The van der Waals surface area contributed by atoms with Crippen LogP contribution in [-0.2, 0) is 28.0 Å². The van der Waals surface area contributed by atoms with Crippen LogP contribution in [0.2, 0.25) is 0 Å². The summed E-state index contributed by atoms with van der Waals surface area (Å²) in [6.45, 7) is 6.52. The van der Waals surface area contributed by atoms with E-state index in [1.54, 1.807) is 0 Å². The quantitative estimate of drug-likeness (QED) is 0.0596. The maximum Gasteiger partial charge on any atom is 0.445 e. The summed E-state index contributed by atoms with van der Waals surface area (Å²) in [5.74, 6) is -15.6. The number of rotatable bonds is 21. The van der Waals surface area contributed by atoms with E-state index in [0.29, 0.717) is 0 Å². The minimum atomic E-state index is -7.84. The molecular formula is C32H28F12O8S2. The lowest BCUT2D eigenvalue weighted by molar-refractivity contribution is -0.452. The zero-order valence-corrected chi connectivity index (χ0v) is 28.7. The Hall–Kier alpha value is -4.28. The fourth-order valence-electron chi connectivity index (χ4n) is 4.15. The summed E-state index contributed by atoms with van der Waals surface area (Å²) >= 11 is 0. The lowest BCUT2D eigenvalue weighted by Crippen LogP contribution is -2.65. The number of ether oxygens (including phenoxy) is 5. The summed E-state index contributed by atoms with van der Waals surface area (Å²) < 4.78 is 223. The van der Waals surface area contributed by atoms with Crippen molar-refractivity contribution in [3.05, 3.63) is 105 Å². The lowest BCUT2D eigenvalue weighted by Gasteiger charge is -2.42. The van der Waals surface area contributed by atoms with E-state index >= 15 is 8.78 Å². The van der Waals surface area contributed by atoms with E-state index in [9.17, 15) is 52.3 Å². The van der Waals surface area contributed by atoms with Crippen LogP contribution < -0.4 is 9.47 Å². The molecule has 0 spiro atoms. The molecule has 3 aromatic rings. The average molecular weight is 833 g/mol. The zero-order valence-electron chi connectivity index (χ0n) is 27.1. The topological polar surface area (TPSA) is 89.5 Å². The van der Waals surface area contributed by atoms with Crippen LogP contribution in [0.1, 0.15) is 0 Å². The Morgan fingerprint density at radius 3 is 1.39 bits per heavy atom. The van der Waals surface area contributed by atoms with Crippen LogP contribution in [0.4, 0.5) is 52.7 Å². The summed E-state index contributed by atoms with van der Waals surface area (Å²) in [4.78, 5) is -1.20. The van der Waals surface area contributed by atoms with Gasteiger partial charge in [0.05, 0.1) is 12.5 Å². The molecule has 22 heteroatoms. The Bertz CT molecular complexity index is 1730. The van der Waals surface area contributed by atoms with E-state index in [4.69, 9.17) is 22.6 Å². The second-order valence-electron chi connectivity index (χ2n) is 10.3. The van der Waals surface area contributed by atoms with Crippen molar-refractivity contribution in [2.24, 2.45) is 0 Å². The van der Waals surface area contributed by atoms with E-state index in [2.05, 4.69) is 17.9 Å². The molecule has 0 heterocycles. The molecule has 0 amide bonds. The third-order valence-corrected chi connectivity index (χ3v) is 11.9. The molecule has 54 heavy (non-hydrogen) atoms. The van der Waals surface area contributed by atoms with Crippen LogP contribution >= 0.6 is 10.3 Å². The van der Waals surface area contributed by atoms with Gasteiger partial charge in [0, 0.05) is 14.7 Å². The molecule has 0 N–H and O–H groups in total. The van der Waals surface area contributed by atoms with Crippen LogP contribution in [0.5, 0.6) is 11.5 Å². The normalized spacial score (nSPS) is 14.1. The molecule has 0 aliphatic heterocycles. The fraction of sp³-hybridized carbons (Fsp3) is 0.312. The van der Waals surface area contributed by atoms with Crippen LogP contribution in [0.25, 0.3) is 0 Å². The first-order chi connectivity index (χ1) is 25.0. The summed E-state index contributed by atoms with van der Waals surface area (Å²) in [6, 6.07) is 14.6. The second kappa shape index (κ2) is 17.0. The highest BCUT2D eigenvalue weighted by atomic mass is 32.3. The molecule has 1 atom stereocenters. The van der Waals surface area contributed by atoms with Crippen LogP contribution in [0, 0.1) is 0 Å². The van der Waals surface area contributed by atoms with E-state index in [-0.39, 0.29) is 42.8 Å². The minimum absolute atomic E-state index is 0.000146. The Kier molecular flexibility index (Phi) is 13.9. The van der Waals surface area contributed by atoms with Crippen LogP contribution in [0.3, 0.4) is 0 Å². The first-order valence-corrected chi connectivity index (χ1v) is 17.6. The smallest absolute Gasteiger partial charge is 0.445 e. The largest absolute Gasteiger partial charge is 0.498 e. The standard InChI is InChI=1S/C32H28F12O8S2/c1-3-47-18-20-49-22-10-14-25(15-11-22)53(24-8-6-5-7-9-24,26-16-12-23(13-17-26)50-21-19-48-4-2)52-54(45,46)32(43,44)30(39,40)29(37,38)31(41,42)51-27(33)28(34,35)36/h3-17,27H,1-2,18-21H2. The number of alkyl halides is 12. The minimum Gasteiger partial charge on any atom is -0.498 e. The van der Waals surface area contributed by atoms with Gasteiger partial charge in [-0.2, -0.15) is 56.7 Å². The number of halogens is 12. The molecule has 3 aromatic carbocycles. The molecule has 3 rings (SSSR count). The molecule has 0 aromatic heterocycles. The van der Waals surface area contributed by atoms with Gasteiger partial charge in [-0.3, -0.25) is 4.74 Å². The van der Waals surface area contributed by atoms with Crippen LogP contribution in [-0.4, -0.2) is 70.6 Å². The monoisotopic (exact) mass is 832 g/mol. The Morgan fingerprint density at radius 1 is 0.593 bits per heavy atom. The van der Waals surface area contributed by atoms with Gasteiger partial charge in [0.2, 0.25) is 0 Å². The summed E-state index contributed by atoms with van der Waals surface area (Å²) in [5, 5.41) is -7.39. The molecule has 0 bridgehead atoms. The van der Waals surface area contributed by atoms with Crippen molar-refractivity contribution in [1.82, 2.24) is 0 Å². The molecule has 0 saturated carbocycles. The molecule has 0 aliphatic carbocycles. The van der Waals surface area contributed by atoms with E-state index in [1.165, 1.54) is 18.2 Å². The molecule has 0 fully saturated rings. The van der Waals surface area contributed by atoms with Gasteiger partial charge < -0.3 is 18.9 Å². The number of benzene rings is 3. The highest BCUT2D eigenvalue weighted by molar-refractivity contribution is 8.33. The second-order valence-corrected chi connectivity index (χ2v) is 14.8. The molecule has 0 radical (unpaired) electrons. The first kappa shape index (κ1) is 44.1. The first-order valence-electron chi connectivity index (χ1n) is 14.7. The molecule has 8 nitrogen and oxygen atoms in total. The number of hydrogen-bond acceptors (Lipinski definition) is 8. The SMILES string of the molecule is C=COCCOc1ccc(S(OS(=O)(=O)C(F)(F)C(F)(F)C(F)(F)C(F)(F)OC(F)C(F)(F)F)(c2ccccc2)c2ccc(OCCOC=C)cc2)cc1. The molecule has 0 saturated heterocycles. The van der Waals surface area contributed by atoms with Gasteiger partial charge in [-0.25, -0.2) is 8.02 Å². The predicted molar refractivity (Wildman–Crippen MR) is 167 cm³/mol. The summed E-state index contributed by atoms with van der Waals surface area (Å²) in [7, 11) is -12.0. The molecule has 300 valence electrons. The lowest BCUT2D eigenvalue weighted by atomic mass is 10.1. The van der Waals surface area contributed by atoms with Crippen LogP contribution in [0.15, 0.2) is 119 Å². The van der Waals surface area contributed by atoms with Gasteiger partial charge in [-0.1, -0.05) is 31.4 Å². The third-order valence-electron chi connectivity index (χ3n) is 6.70. The van der Waals surface area contributed by atoms with Gasteiger partial charge in [-0.05, 0) is 71.0 Å². The maximum atomic E-state index is 15.5. The number of hydrogen-bond donors (Lipinski definition) is 0. The van der Waals surface area contributed by atoms with Crippen molar-refractivity contribution in [3.8, 4) is 11.5 Å². The van der Waals surface area contributed by atoms with Crippen molar-refractivity contribution >= 4 is 20.4 Å². The fourth-order valence-corrected chi connectivity index (χ4v) is 9.34. The van der Waals surface area contributed by atoms with E-state index in [1.807, 2.05) is 0 Å². The van der Waals surface area contributed by atoms with Gasteiger partial charge in [-0.15, -0.1) is 0 Å². The van der Waals surface area contributed by atoms with Crippen molar-refractivity contribution in [2.45, 2.75) is 50.4 Å².